The maximum atomic E-state index is 11.1. The van der Waals surface area contributed by atoms with E-state index in [0.29, 0.717) is 5.69 Å². The number of anilines is 2. The average molecular weight is 231 g/mol. The molecular weight excluding hydrogens is 214 g/mol. The normalized spacial score (nSPS) is 15.4. The molecule has 1 N–H and O–H groups in total. The topological polar surface area (TPSA) is 45.2 Å². The van der Waals surface area contributed by atoms with Crippen molar-refractivity contribution in [2.75, 3.05) is 23.3 Å². The Morgan fingerprint density at radius 2 is 2.12 bits per heavy atom. The van der Waals surface area contributed by atoms with Crippen LogP contribution < -0.4 is 10.2 Å². The van der Waals surface area contributed by atoms with Crippen LogP contribution in [0, 0.1) is 0 Å². The summed E-state index contributed by atoms with van der Waals surface area (Å²) in [6, 6.07) is 3.82. The zero-order valence-electron chi connectivity index (χ0n) is 9.85. The highest BCUT2D eigenvalue weighted by molar-refractivity contribution is 5.98. The number of carbonyl (C=O) groups is 1. The van der Waals surface area contributed by atoms with E-state index in [1.165, 1.54) is 25.3 Å². The first-order valence-corrected chi connectivity index (χ1v) is 5.94. The molecule has 2 heterocycles. The van der Waals surface area contributed by atoms with Crippen LogP contribution in [0.25, 0.3) is 0 Å². The van der Waals surface area contributed by atoms with Gasteiger partial charge in [0.1, 0.15) is 5.82 Å². The van der Waals surface area contributed by atoms with E-state index in [1.54, 1.807) is 6.20 Å². The van der Waals surface area contributed by atoms with Crippen molar-refractivity contribution < 1.29 is 4.79 Å². The molecule has 0 atom stereocenters. The fraction of sp³-hybridized carbons (Fsp3) is 0.385. The minimum absolute atomic E-state index is 0.211. The standard InChI is InChI=1S/C13H17N3O/c1-2-13(17)15-11-6-7-12(14-10-11)16-8-4-3-5-9-16/h2,6-7,10H,1,3-5,8-9H2,(H,15,17). The minimum atomic E-state index is -0.211. The van der Waals surface area contributed by atoms with E-state index in [0.717, 1.165) is 18.9 Å². The first-order valence-electron chi connectivity index (χ1n) is 5.94. The molecule has 1 fully saturated rings. The molecule has 0 unspecified atom stereocenters. The van der Waals surface area contributed by atoms with Gasteiger partial charge in [-0.15, -0.1) is 0 Å². The number of piperidine rings is 1. The van der Waals surface area contributed by atoms with Gasteiger partial charge in [0.15, 0.2) is 0 Å². The van der Waals surface area contributed by atoms with Crippen LogP contribution in [0.1, 0.15) is 19.3 Å². The van der Waals surface area contributed by atoms with Crippen molar-refractivity contribution in [3.63, 3.8) is 0 Å². The highest BCUT2D eigenvalue weighted by atomic mass is 16.1. The van der Waals surface area contributed by atoms with E-state index in [2.05, 4.69) is 21.8 Å². The largest absolute Gasteiger partial charge is 0.357 e. The van der Waals surface area contributed by atoms with E-state index in [-0.39, 0.29) is 5.91 Å². The second-order valence-electron chi connectivity index (χ2n) is 4.15. The Kier molecular flexibility index (Phi) is 3.75. The number of rotatable bonds is 3. The Morgan fingerprint density at radius 3 is 2.71 bits per heavy atom. The summed E-state index contributed by atoms with van der Waals surface area (Å²) in [5.74, 6) is 0.777. The summed E-state index contributed by atoms with van der Waals surface area (Å²) in [5.41, 5.74) is 0.704. The van der Waals surface area contributed by atoms with E-state index in [1.807, 2.05) is 12.1 Å². The van der Waals surface area contributed by atoms with Gasteiger partial charge in [0.25, 0.3) is 0 Å². The maximum Gasteiger partial charge on any atom is 0.247 e. The second kappa shape index (κ2) is 5.48. The predicted octanol–water partition coefficient (Wildman–Crippen LogP) is 2.20. The lowest BCUT2D eigenvalue weighted by atomic mass is 10.1. The SMILES string of the molecule is C=CC(=O)Nc1ccc(N2CCCCC2)nc1. The molecule has 1 aromatic heterocycles. The van der Waals surface area contributed by atoms with Gasteiger partial charge in [-0.2, -0.15) is 0 Å². The number of amides is 1. The molecular formula is C13H17N3O. The van der Waals surface area contributed by atoms with Crippen molar-refractivity contribution in [1.82, 2.24) is 4.98 Å². The molecule has 0 bridgehead atoms. The third-order valence-corrected chi connectivity index (χ3v) is 2.88. The molecule has 0 spiro atoms. The van der Waals surface area contributed by atoms with Crippen LogP contribution in [-0.2, 0) is 4.79 Å². The lowest BCUT2D eigenvalue weighted by Gasteiger charge is -2.27. The Hall–Kier alpha value is -1.84. The number of hydrogen-bond acceptors (Lipinski definition) is 3. The molecule has 1 amide bonds. The molecule has 0 radical (unpaired) electrons. The van der Waals surface area contributed by atoms with Crippen LogP contribution >= 0.6 is 0 Å². The predicted molar refractivity (Wildman–Crippen MR) is 69.1 cm³/mol. The summed E-state index contributed by atoms with van der Waals surface area (Å²) < 4.78 is 0. The molecule has 4 heteroatoms. The first kappa shape index (κ1) is 11.6. The van der Waals surface area contributed by atoms with Gasteiger partial charge >= 0.3 is 0 Å². The molecule has 0 aliphatic carbocycles. The van der Waals surface area contributed by atoms with Gasteiger partial charge in [-0.05, 0) is 37.5 Å². The van der Waals surface area contributed by atoms with Crippen LogP contribution in [-0.4, -0.2) is 24.0 Å². The Labute approximate surface area is 101 Å². The van der Waals surface area contributed by atoms with Crippen molar-refractivity contribution in [1.29, 1.82) is 0 Å². The number of hydrogen-bond donors (Lipinski definition) is 1. The third-order valence-electron chi connectivity index (χ3n) is 2.88. The zero-order chi connectivity index (χ0) is 12.1. The number of pyridine rings is 1. The zero-order valence-corrected chi connectivity index (χ0v) is 9.85. The number of aromatic nitrogens is 1. The second-order valence-corrected chi connectivity index (χ2v) is 4.15. The third kappa shape index (κ3) is 3.06. The number of carbonyl (C=O) groups excluding carboxylic acids is 1. The molecule has 1 saturated heterocycles. The lowest BCUT2D eigenvalue weighted by molar-refractivity contribution is -0.111. The van der Waals surface area contributed by atoms with Crippen LogP contribution in [0.2, 0.25) is 0 Å². The molecule has 4 nitrogen and oxygen atoms in total. The van der Waals surface area contributed by atoms with Crippen molar-refractivity contribution in [3.05, 3.63) is 31.0 Å². The van der Waals surface area contributed by atoms with Crippen molar-refractivity contribution in [3.8, 4) is 0 Å². The summed E-state index contributed by atoms with van der Waals surface area (Å²) >= 11 is 0. The van der Waals surface area contributed by atoms with E-state index < -0.39 is 0 Å². The molecule has 1 aliphatic heterocycles. The Morgan fingerprint density at radius 1 is 1.35 bits per heavy atom. The number of nitrogens with zero attached hydrogens (tertiary/aromatic N) is 2. The summed E-state index contributed by atoms with van der Waals surface area (Å²) in [4.78, 5) is 17.7. The molecule has 1 aliphatic rings. The smallest absolute Gasteiger partial charge is 0.247 e. The van der Waals surface area contributed by atoms with Crippen LogP contribution in [0.3, 0.4) is 0 Å². The molecule has 0 aromatic carbocycles. The van der Waals surface area contributed by atoms with Gasteiger partial charge < -0.3 is 10.2 Å². The van der Waals surface area contributed by atoms with Gasteiger partial charge in [0.05, 0.1) is 11.9 Å². The molecule has 0 saturated carbocycles. The highest BCUT2D eigenvalue weighted by Gasteiger charge is 2.11. The van der Waals surface area contributed by atoms with Crippen LogP contribution in [0.5, 0.6) is 0 Å². The molecule has 17 heavy (non-hydrogen) atoms. The lowest BCUT2D eigenvalue weighted by Crippen LogP contribution is -2.30. The van der Waals surface area contributed by atoms with Gasteiger partial charge in [0, 0.05) is 13.1 Å². The summed E-state index contributed by atoms with van der Waals surface area (Å²) in [7, 11) is 0. The minimum Gasteiger partial charge on any atom is -0.357 e. The number of nitrogens with one attached hydrogen (secondary N) is 1. The summed E-state index contributed by atoms with van der Waals surface area (Å²) in [6.07, 6.45) is 6.71. The first-order chi connectivity index (χ1) is 8.29. The van der Waals surface area contributed by atoms with Gasteiger partial charge in [0.2, 0.25) is 5.91 Å². The van der Waals surface area contributed by atoms with E-state index in [9.17, 15) is 4.79 Å². The average Bonchev–Trinajstić information content (AvgIpc) is 2.40. The van der Waals surface area contributed by atoms with Crippen LogP contribution in [0.15, 0.2) is 31.0 Å². The molecule has 2 rings (SSSR count). The van der Waals surface area contributed by atoms with Crippen molar-refractivity contribution in [2.24, 2.45) is 0 Å². The van der Waals surface area contributed by atoms with Gasteiger partial charge in [-0.1, -0.05) is 6.58 Å². The summed E-state index contributed by atoms with van der Waals surface area (Å²) in [5, 5.41) is 2.68. The fourth-order valence-electron chi connectivity index (χ4n) is 1.96. The van der Waals surface area contributed by atoms with Crippen molar-refractivity contribution in [2.45, 2.75) is 19.3 Å². The van der Waals surface area contributed by atoms with Gasteiger partial charge in [-0.3, -0.25) is 4.79 Å². The fourth-order valence-corrected chi connectivity index (χ4v) is 1.96. The van der Waals surface area contributed by atoms with Gasteiger partial charge in [-0.25, -0.2) is 4.98 Å². The quantitative estimate of drug-likeness (QED) is 0.811. The van der Waals surface area contributed by atoms with E-state index >= 15 is 0 Å². The van der Waals surface area contributed by atoms with Crippen molar-refractivity contribution >= 4 is 17.4 Å². The molecule has 90 valence electrons. The Bertz CT molecular complexity index is 394. The monoisotopic (exact) mass is 231 g/mol. The maximum absolute atomic E-state index is 11.1. The van der Waals surface area contributed by atoms with Crippen LogP contribution in [0.4, 0.5) is 11.5 Å². The molecule has 1 aromatic rings. The van der Waals surface area contributed by atoms with E-state index in [4.69, 9.17) is 0 Å². The highest BCUT2D eigenvalue weighted by Crippen LogP contribution is 2.18. The summed E-state index contributed by atoms with van der Waals surface area (Å²) in [6.45, 7) is 5.56. The Balaban J connectivity index is 2.01.